The maximum Gasteiger partial charge on any atom is 0.207 e. The van der Waals surface area contributed by atoms with Crippen molar-refractivity contribution >= 4 is 0 Å². The number of phenolic OH excluding ortho intramolecular Hbond substituents is 2. The third-order valence-corrected chi connectivity index (χ3v) is 1.58. The van der Waals surface area contributed by atoms with Crippen LogP contribution in [-0.2, 0) is 0 Å². The Bertz CT molecular complexity index is 479. The normalized spacial score (nSPS) is 18.5. The summed E-state index contributed by atoms with van der Waals surface area (Å²) >= 11 is 0. The van der Waals surface area contributed by atoms with Crippen LogP contribution in [0.15, 0.2) is 6.07 Å². The Hall–Kier alpha value is -1.58. The number of hydrogen-bond acceptors (Lipinski definition) is 4. The lowest BCUT2D eigenvalue weighted by Crippen LogP contribution is -1.92. The lowest BCUT2D eigenvalue weighted by atomic mass is 10.2. The summed E-state index contributed by atoms with van der Waals surface area (Å²) in [6.07, 6.45) is 0. The number of methoxy groups -OCH3 is 2. The summed E-state index contributed by atoms with van der Waals surface area (Å²) in [7, 11) is -5.88. The molecule has 0 unspecified atom stereocenters. The predicted octanol–water partition coefficient (Wildman–Crippen LogP) is 1.42. The topological polar surface area (TPSA) is 58.9 Å². The fourth-order valence-electron chi connectivity index (χ4n) is 0.935. The summed E-state index contributed by atoms with van der Waals surface area (Å²) < 4.78 is 50.6. The van der Waals surface area contributed by atoms with Crippen molar-refractivity contribution in [2.24, 2.45) is 0 Å². The van der Waals surface area contributed by atoms with Crippen molar-refractivity contribution in [1.29, 1.82) is 0 Å². The zero-order valence-corrected chi connectivity index (χ0v) is 6.79. The maximum absolute atomic E-state index is 9.71. The number of hydrogen-bond donors (Lipinski definition) is 2. The molecule has 72 valence electrons. The van der Waals surface area contributed by atoms with E-state index in [9.17, 15) is 10.2 Å². The van der Waals surface area contributed by atoms with Crippen LogP contribution in [0.4, 0.5) is 0 Å². The van der Waals surface area contributed by atoms with Gasteiger partial charge < -0.3 is 19.7 Å². The van der Waals surface area contributed by atoms with Gasteiger partial charge in [-0.3, -0.25) is 0 Å². The Morgan fingerprint density at radius 1 is 1.23 bits per heavy atom. The Balaban J connectivity index is 3.38. The molecule has 0 amide bonds. The smallest absolute Gasteiger partial charge is 0.207 e. The molecule has 1 aromatic rings. The van der Waals surface area contributed by atoms with Crippen LogP contribution < -0.4 is 9.47 Å². The Morgan fingerprint density at radius 2 is 1.85 bits per heavy atom. The molecule has 1 aromatic carbocycles. The van der Waals surface area contributed by atoms with Crippen LogP contribution in [0.5, 0.6) is 23.0 Å². The molecule has 4 heteroatoms. The average molecular weight is 190 g/mol. The number of benzene rings is 1. The van der Waals surface area contributed by atoms with Gasteiger partial charge >= 0.3 is 0 Å². The second kappa shape index (κ2) is 3.43. The zero-order valence-electron chi connectivity index (χ0n) is 12.8. The van der Waals surface area contributed by atoms with E-state index in [1.54, 1.807) is 0 Å². The molecule has 4 nitrogen and oxygen atoms in total. The summed E-state index contributed by atoms with van der Waals surface area (Å²) in [5.41, 5.74) is 0.106. The van der Waals surface area contributed by atoms with Gasteiger partial charge in [0.05, 0.1) is 22.3 Å². The van der Waals surface area contributed by atoms with E-state index < -0.39 is 37.1 Å². The molecule has 0 fully saturated rings. The first-order valence-electron chi connectivity index (χ1n) is 6.34. The van der Waals surface area contributed by atoms with Gasteiger partial charge in [0, 0.05) is 0 Å². The van der Waals surface area contributed by atoms with Gasteiger partial charge in [0.15, 0.2) is 11.5 Å². The SMILES string of the molecule is [2H]C([2H])([2H])Oc1c(O)cc(C)c(O)c1OC([2H])([2H])[2H]. The molecule has 0 radical (unpaired) electrons. The van der Waals surface area contributed by atoms with Gasteiger partial charge in [-0.2, -0.15) is 0 Å². The second-order valence-corrected chi connectivity index (χ2v) is 2.42. The number of phenols is 2. The molecule has 0 saturated carbocycles. The minimum Gasteiger partial charge on any atom is -0.504 e. The number of ether oxygens (including phenoxy) is 2. The quantitative estimate of drug-likeness (QED) is 0.692. The molecular weight excluding hydrogens is 172 g/mol. The van der Waals surface area contributed by atoms with Crippen LogP contribution in [0.25, 0.3) is 0 Å². The summed E-state index contributed by atoms with van der Waals surface area (Å²) in [6, 6.07) is 1.03. The maximum atomic E-state index is 9.71. The van der Waals surface area contributed by atoms with Gasteiger partial charge in [-0.05, 0) is 18.6 Å². The van der Waals surface area contributed by atoms with Crippen molar-refractivity contribution in [3.63, 3.8) is 0 Å². The first kappa shape index (κ1) is 4.09. The molecule has 2 N–H and O–H groups in total. The molecule has 0 aliphatic rings. The van der Waals surface area contributed by atoms with E-state index in [4.69, 9.17) is 8.22 Å². The lowest BCUT2D eigenvalue weighted by molar-refractivity contribution is 0.315. The van der Waals surface area contributed by atoms with Crippen molar-refractivity contribution in [2.75, 3.05) is 14.1 Å². The number of aryl methyl sites for hydroxylation is 1. The van der Waals surface area contributed by atoms with E-state index in [0.717, 1.165) is 6.07 Å². The largest absolute Gasteiger partial charge is 0.504 e. The molecular formula is C9H12O4. The third-order valence-electron chi connectivity index (χ3n) is 1.58. The van der Waals surface area contributed by atoms with Crippen molar-refractivity contribution in [3.8, 4) is 23.0 Å². The van der Waals surface area contributed by atoms with Gasteiger partial charge in [0.25, 0.3) is 0 Å². The molecule has 0 bridgehead atoms. The van der Waals surface area contributed by atoms with Crippen molar-refractivity contribution in [3.05, 3.63) is 11.6 Å². The van der Waals surface area contributed by atoms with E-state index in [1.807, 2.05) is 0 Å². The van der Waals surface area contributed by atoms with Crippen LogP contribution in [0, 0.1) is 6.92 Å². The fourth-order valence-corrected chi connectivity index (χ4v) is 0.935. The first-order valence-corrected chi connectivity index (χ1v) is 3.34. The van der Waals surface area contributed by atoms with E-state index >= 15 is 0 Å². The minimum absolute atomic E-state index is 0.106. The Morgan fingerprint density at radius 3 is 2.46 bits per heavy atom. The van der Waals surface area contributed by atoms with Gasteiger partial charge in [-0.25, -0.2) is 0 Å². The van der Waals surface area contributed by atoms with Crippen molar-refractivity contribution in [2.45, 2.75) is 6.92 Å². The molecule has 0 aromatic heterocycles. The van der Waals surface area contributed by atoms with Gasteiger partial charge in [0.2, 0.25) is 11.5 Å². The predicted molar refractivity (Wildman–Crippen MR) is 47.6 cm³/mol. The third kappa shape index (κ3) is 1.47. The molecule has 13 heavy (non-hydrogen) atoms. The zero-order chi connectivity index (χ0) is 15.0. The van der Waals surface area contributed by atoms with Crippen molar-refractivity contribution < 1.29 is 27.9 Å². The molecule has 0 spiro atoms. The molecule has 0 aliphatic carbocycles. The highest BCUT2D eigenvalue weighted by atomic mass is 16.5. The Labute approximate surface area is 84.8 Å². The van der Waals surface area contributed by atoms with Crippen LogP contribution in [-0.4, -0.2) is 24.3 Å². The van der Waals surface area contributed by atoms with E-state index in [2.05, 4.69) is 9.47 Å². The van der Waals surface area contributed by atoms with Gasteiger partial charge in [-0.15, -0.1) is 0 Å². The lowest BCUT2D eigenvalue weighted by Gasteiger charge is -2.12. The van der Waals surface area contributed by atoms with E-state index in [0.29, 0.717) is 0 Å². The van der Waals surface area contributed by atoms with E-state index in [-0.39, 0.29) is 5.56 Å². The molecule has 0 heterocycles. The second-order valence-electron chi connectivity index (χ2n) is 2.42. The van der Waals surface area contributed by atoms with Crippen LogP contribution in [0.3, 0.4) is 0 Å². The number of rotatable bonds is 2. The molecule has 0 atom stereocenters. The van der Waals surface area contributed by atoms with Gasteiger partial charge in [-0.1, -0.05) is 0 Å². The van der Waals surface area contributed by atoms with Crippen LogP contribution in [0.2, 0.25) is 0 Å². The summed E-state index contributed by atoms with van der Waals surface area (Å²) in [6.45, 7) is 1.38. The average Bonchev–Trinajstić information content (AvgIpc) is 2.17. The van der Waals surface area contributed by atoms with Crippen molar-refractivity contribution in [1.82, 2.24) is 0 Å². The van der Waals surface area contributed by atoms with E-state index in [1.165, 1.54) is 6.92 Å². The first-order chi connectivity index (χ1) is 8.41. The summed E-state index contributed by atoms with van der Waals surface area (Å²) in [4.78, 5) is 0. The standard InChI is InChI=1S/C9H12O4/c1-5-4-6(10)8(12-2)9(13-3)7(5)11/h4,10-11H,1-3H3/i2D3,3D3. The van der Waals surface area contributed by atoms with Gasteiger partial charge in [0.1, 0.15) is 0 Å². The van der Waals surface area contributed by atoms with Crippen LogP contribution in [0.1, 0.15) is 13.8 Å². The molecule has 0 aliphatic heterocycles. The molecule has 0 saturated heterocycles. The Kier molecular flexibility index (Phi) is 1.08. The molecule has 1 rings (SSSR count). The van der Waals surface area contributed by atoms with Crippen LogP contribution >= 0.6 is 0 Å². The highest BCUT2D eigenvalue weighted by Crippen LogP contribution is 2.44. The highest BCUT2D eigenvalue weighted by Gasteiger charge is 2.16. The fraction of sp³-hybridized carbons (Fsp3) is 0.333. The summed E-state index contributed by atoms with van der Waals surface area (Å²) in [5, 5.41) is 19.3. The number of aromatic hydroxyl groups is 2. The monoisotopic (exact) mass is 190 g/mol. The summed E-state index contributed by atoms with van der Waals surface area (Å²) in [5.74, 6) is -2.76. The minimum atomic E-state index is -2.94. The highest BCUT2D eigenvalue weighted by molar-refractivity contribution is 5.61.